The van der Waals surface area contributed by atoms with Gasteiger partial charge in [-0.25, -0.2) is 8.42 Å². The van der Waals surface area contributed by atoms with E-state index < -0.39 is 10.0 Å². The van der Waals surface area contributed by atoms with Crippen LogP contribution in [0.5, 0.6) is 0 Å². The Morgan fingerprint density at radius 3 is 2.40 bits per heavy atom. The van der Waals surface area contributed by atoms with E-state index in [9.17, 15) is 13.2 Å². The minimum absolute atomic E-state index is 0.0238. The number of benzene rings is 2. The average molecular weight is 379 g/mol. The van der Waals surface area contributed by atoms with Gasteiger partial charge in [-0.1, -0.05) is 35.9 Å². The highest BCUT2D eigenvalue weighted by Crippen LogP contribution is 2.37. The molecule has 0 bridgehead atoms. The Labute approximate surface area is 152 Å². The third-order valence-electron chi connectivity index (χ3n) is 3.93. The number of para-hydroxylation sites is 2. The van der Waals surface area contributed by atoms with E-state index in [2.05, 4.69) is 5.32 Å². The Bertz CT molecular complexity index is 877. The summed E-state index contributed by atoms with van der Waals surface area (Å²) in [5, 5.41) is 3.44. The van der Waals surface area contributed by atoms with Gasteiger partial charge >= 0.3 is 0 Å². The molecule has 0 radical (unpaired) electrons. The maximum Gasteiger partial charge on any atom is 0.232 e. The fourth-order valence-corrected chi connectivity index (χ4v) is 4.10. The Balaban J connectivity index is 1.81. The van der Waals surface area contributed by atoms with Crippen LogP contribution in [-0.4, -0.2) is 26.6 Å². The molecule has 2 aromatic rings. The van der Waals surface area contributed by atoms with Gasteiger partial charge in [0.05, 0.1) is 24.1 Å². The minimum atomic E-state index is -3.41. The molecule has 1 aliphatic carbocycles. The van der Waals surface area contributed by atoms with Gasteiger partial charge in [0, 0.05) is 11.1 Å². The van der Waals surface area contributed by atoms with Gasteiger partial charge in [-0.05, 0) is 42.7 Å². The summed E-state index contributed by atoms with van der Waals surface area (Å²) in [4.78, 5) is 12.4. The Morgan fingerprint density at radius 1 is 1.16 bits per heavy atom. The molecule has 0 atom stereocenters. The molecule has 1 saturated carbocycles. The summed E-state index contributed by atoms with van der Waals surface area (Å²) in [5.41, 5.74) is 1.84. The molecule has 2 aromatic carbocycles. The monoisotopic (exact) mass is 378 g/mol. The summed E-state index contributed by atoms with van der Waals surface area (Å²) >= 11 is 5.85. The number of halogens is 1. The molecule has 0 heterocycles. The zero-order valence-corrected chi connectivity index (χ0v) is 15.3. The zero-order chi connectivity index (χ0) is 18.0. The summed E-state index contributed by atoms with van der Waals surface area (Å²) in [7, 11) is -3.41. The summed E-state index contributed by atoms with van der Waals surface area (Å²) in [6.07, 6.45) is 3.05. The molecule has 1 N–H and O–H groups in total. The summed E-state index contributed by atoms with van der Waals surface area (Å²) in [5.74, 6) is -0.209. The number of hydrogen-bond acceptors (Lipinski definition) is 3. The number of carbonyl (C=O) groups is 1. The number of amides is 1. The van der Waals surface area contributed by atoms with E-state index in [0.29, 0.717) is 16.4 Å². The van der Waals surface area contributed by atoms with Crippen molar-refractivity contribution in [3.63, 3.8) is 0 Å². The second-order valence-corrected chi connectivity index (χ2v) is 8.45. The molecule has 132 valence electrons. The predicted molar refractivity (Wildman–Crippen MR) is 101 cm³/mol. The molecule has 0 unspecified atom stereocenters. The van der Waals surface area contributed by atoms with Gasteiger partial charge in [0.15, 0.2) is 0 Å². The highest BCUT2D eigenvalue weighted by atomic mass is 35.5. The van der Waals surface area contributed by atoms with Crippen molar-refractivity contribution in [3.8, 4) is 0 Å². The average Bonchev–Trinajstić information content (AvgIpc) is 3.35. The first-order valence-corrected chi connectivity index (χ1v) is 10.2. The number of carbonyl (C=O) groups excluding carboxylic acids is 1. The van der Waals surface area contributed by atoms with Gasteiger partial charge in [0.2, 0.25) is 15.9 Å². The number of nitrogens with zero attached hydrogens (tertiary/aromatic N) is 1. The van der Waals surface area contributed by atoms with Crippen LogP contribution >= 0.6 is 11.6 Å². The van der Waals surface area contributed by atoms with Crippen molar-refractivity contribution in [1.82, 2.24) is 0 Å². The first-order valence-electron chi connectivity index (χ1n) is 7.97. The van der Waals surface area contributed by atoms with Crippen LogP contribution in [0.25, 0.3) is 0 Å². The van der Waals surface area contributed by atoms with Crippen molar-refractivity contribution in [1.29, 1.82) is 0 Å². The highest BCUT2D eigenvalue weighted by Gasteiger charge is 2.36. The maximum atomic E-state index is 12.4. The fraction of sp³-hybridized carbons (Fsp3) is 0.278. The van der Waals surface area contributed by atoms with Gasteiger partial charge in [-0.2, -0.15) is 0 Å². The molecule has 5 nitrogen and oxygen atoms in total. The van der Waals surface area contributed by atoms with E-state index in [0.717, 1.165) is 18.4 Å². The van der Waals surface area contributed by atoms with Crippen LogP contribution in [0.2, 0.25) is 5.02 Å². The smallest absolute Gasteiger partial charge is 0.232 e. The predicted octanol–water partition coefficient (Wildman–Crippen LogP) is 3.45. The first-order chi connectivity index (χ1) is 11.8. The minimum Gasteiger partial charge on any atom is -0.324 e. The van der Waals surface area contributed by atoms with Crippen molar-refractivity contribution < 1.29 is 13.2 Å². The lowest BCUT2D eigenvalue weighted by molar-refractivity contribution is -0.115. The standard InChI is InChI=1S/C18H19ClN2O3S/c1-25(23,24)21(15-10-11-15)17-5-3-2-4-16(17)20-18(22)12-13-6-8-14(19)9-7-13/h2-9,15H,10-12H2,1H3,(H,20,22). The number of hydrogen-bond donors (Lipinski definition) is 1. The van der Waals surface area contributed by atoms with Crippen LogP contribution in [0.4, 0.5) is 11.4 Å². The van der Waals surface area contributed by atoms with Crippen molar-refractivity contribution >= 4 is 38.9 Å². The second kappa shape index (κ2) is 7.06. The second-order valence-electron chi connectivity index (χ2n) is 6.16. The molecule has 1 fully saturated rings. The molecule has 0 aromatic heterocycles. The SMILES string of the molecule is CS(=O)(=O)N(c1ccccc1NC(=O)Cc1ccc(Cl)cc1)C1CC1. The lowest BCUT2D eigenvalue weighted by atomic mass is 10.1. The summed E-state index contributed by atoms with van der Waals surface area (Å²) in [6, 6.07) is 14.0. The van der Waals surface area contributed by atoms with Gasteiger partial charge in [0.25, 0.3) is 0 Å². The van der Waals surface area contributed by atoms with E-state index in [1.165, 1.54) is 10.6 Å². The van der Waals surface area contributed by atoms with E-state index in [1.807, 2.05) is 0 Å². The largest absolute Gasteiger partial charge is 0.324 e. The van der Waals surface area contributed by atoms with Crippen molar-refractivity contribution in [2.24, 2.45) is 0 Å². The number of nitrogens with one attached hydrogen (secondary N) is 1. The van der Waals surface area contributed by atoms with Crippen LogP contribution in [-0.2, 0) is 21.2 Å². The van der Waals surface area contributed by atoms with Crippen LogP contribution < -0.4 is 9.62 Å². The Hall–Kier alpha value is -2.05. The quantitative estimate of drug-likeness (QED) is 0.837. The van der Waals surface area contributed by atoms with E-state index in [4.69, 9.17) is 11.6 Å². The van der Waals surface area contributed by atoms with E-state index >= 15 is 0 Å². The third-order valence-corrected chi connectivity index (χ3v) is 5.39. The van der Waals surface area contributed by atoms with Gasteiger partial charge in [-0.3, -0.25) is 9.10 Å². The van der Waals surface area contributed by atoms with Crippen molar-refractivity contribution in [2.75, 3.05) is 15.9 Å². The van der Waals surface area contributed by atoms with Crippen LogP contribution in [0.3, 0.4) is 0 Å². The lowest BCUT2D eigenvalue weighted by Gasteiger charge is -2.24. The van der Waals surface area contributed by atoms with E-state index in [-0.39, 0.29) is 18.4 Å². The molecular weight excluding hydrogens is 360 g/mol. The number of anilines is 2. The summed E-state index contributed by atoms with van der Waals surface area (Å²) in [6.45, 7) is 0. The molecule has 0 aliphatic heterocycles. The molecule has 0 saturated heterocycles. The first kappa shape index (κ1) is 17.8. The molecule has 7 heteroatoms. The summed E-state index contributed by atoms with van der Waals surface area (Å²) < 4.78 is 25.8. The normalized spacial score (nSPS) is 14.2. The molecule has 1 aliphatic rings. The zero-order valence-electron chi connectivity index (χ0n) is 13.8. The van der Waals surface area contributed by atoms with Crippen molar-refractivity contribution in [2.45, 2.75) is 25.3 Å². The molecule has 1 amide bonds. The van der Waals surface area contributed by atoms with Crippen molar-refractivity contribution in [3.05, 3.63) is 59.1 Å². The molecule has 0 spiro atoms. The number of rotatable bonds is 6. The van der Waals surface area contributed by atoms with Gasteiger partial charge in [-0.15, -0.1) is 0 Å². The third kappa shape index (κ3) is 4.52. The number of sulfonamides is 1. The topological polar surface area (TPSA) is 66.5 Å². The highest BCUT2D eigenvalue weighted by molar-refractivity contribution is 7.92. The Kier molecular flexibility index (Phi) is 5.01. The van der Waals surface area contributed by atoms with Crippen LogP contribution in [0, 0.1) is 0 Å². The van der Waals surface area contributed by atoms with E-state index in [1.54, 1.807) is 48.5 Å². The van der Waals surface area contributed by atoms with Crippen LogP contribution in [0.1, 0.15) is 18.4 Å². The van der Waals surface area contributed by atoms with Gasteiger partial charge in [0.1, 0.15) is 0 Å². The molecular formula is C18H19ClN2O3S. The fourth-order valence-electron chi connectivity index (χ4n) is 2.71. The van der Waals surface area contributed by atoms with Crippen LogP contribution in [0.15, 0.2) is 48.5 Å². The molecule has 25 heavy (non-hydrogen) atoms. The lowest BCUT2D eigenvalue weighted by Crippen LogP contribution is -2.33. The van der Waals surface area contributed by atoms with Gasteiger partial charge < -0.3 is 5.32 Å². The maximum absolute atomic E-state index is 12.4. The molecule has 3 rings (SSSR count). The Morgan fingerprint density at radius 2 is 1.80 bits per heavy atom.